The molecule has 0 spiro atoms. The number of nitrogens with one attached hydrogen (secondary N) is 1. The maximum absolute atomic E-state index is 5.60. The molecule has 1 heterocycles. The number of nitrogens with zero attached hydrogens (tertiary/aromatic N) is 2. The number of hydrogen-bond donors (Lipinski definition) is 1. The molecule has 4 nitrogen and oxygen atoms in total. The summed E-state index contributed by atoms with van der Waals surface area (Å²) in [5.74, 6) is 1.55. The molecule has 2 aromatic rings. The molecule has 1 saturated carbocycles. The van der Waals surface area contributed by atoms with E-state index in [4.69, 9.17) is 4.74 Å². The molecule has 19 heavy (non-hydrogen) atoms. The third-order valence-corrected chi connectivity index (χ3v) is 3.04. The van der Waals surface area contributed by atoms with Gasteiger partial charge >= 0.3 is 0 Å². The zero-order chi connectivity index (χ0) is 12.9. The van der Waals surface area contributed by atoms with Gasteiger partial charge in [0.25, 0.3) is 0 Å². The van der Waals surface area contributed by atoms with Crippen LogP contribution >= 0.6 is 0 Å². The lowest BCUT2D eigenvalue weighted by Crippen LogP contribution is -2.16. The molecule has 0 saturated heterocycles. The van der Waals surface area contributed by atoms with Crippen LogP contribution in [0.5, 0.6) is 5.75 Å². The largest absolute Gasteiger partial charge is 0.486 e. The third-order valence-electron chi connectivity index (χ3n) is 3.04. The van der Waals surface area contributed by atoms with Crippen LogP contribution in [0.15, 0.2) is 42.7 Å². The van der Waals surface area contributed by atoms with Gasteiger partial charge in [-0.15, -0.1) is 0 Å². The first-order chi connectivity index (χ1) is 9.40. The van der Waals surface area contributed by atoms with E-state index in [0.29, 0.717) is 18.5 Å². The first-order valence-electron chi connectivity index (χ1n) is 6.61. The summed E-state index contributed by atoms with van der Waals surface area (Å²) in [6.45, 7) is 1.25. The van der Waals surface area contributed by atoms with Crippen molar-refractivity contribution in [1.29, 1.82) is 0 Å². The minimum atomic E-state index is 0.403. The van der Waals surface area contributed by atoms with E-state index in [2.05, 4.69) is 15.3 Å². The van der Waals surface area contributed by atoms with Crippen LogP contribution in [0.4, 0.5) is 0 Å². The second-order valence-electron chi connectivity index (χ2n) is 4.76. The standard InChI is InChI=1S/C15H17N3O/c1-2-4-14(5-3-1)19-11-15-17-9-12(10-18-15)8-16-13-6-7-13/h1-5,9-10,13,16H,6-8,11H2. The molecule has 4 heteroatoms. The van der Waals surface area contributed by atoms with Crippen LogP contribution in [0.1, 0.15) is 24.2 Å². The molecule has 3 rings (SSSR count). The molecule has 1 aromatic carbocycles. The maximum atomic E-state index is 5.60. The molecule has 98 valence electrons. The van der Waals surface area contributed by atoms with Gasteiger partial charge in [0.2, 0.25) is 0 Å². The van der Waals surface area contributed by atoms with Crippen molar-refractivity contribution in [2.24, 2.45) is 0 Å². The number of hydrogen-bond acceptors (Lipinski definition) is 4. The van der Waals surface area contributed by atoms with Crippen molar-refractivity contribution in [1.82, 2.24) is 15.3 Å². The first-order valence-corrected chi connectivity index (χ1v) is 6.61. The van der Waals surface area contributed by atoms with Gasteiger partial charge < -0.3 is 10.1 Å². The summed E-state index contributed by atoms with van der Waals surface area (Å²) < 4.78 is 5.60. The van der Waals surface area contributed by atoms with Crippen molar-refractivity contribution >= 4 is 0 Å². The molecule has 1 aliphatic carbocycles. The van der Waals surface area contributed by atoms with Crippen LogP contribution in [-0.4, -0.2) is 16.0 Å². The monoisotopic (exact) mass is 255 g/mol. The highest BCUT2D eigenvalue weighted by Gasteiger charge is 2.19. The van der Waals surface area contributed by atoms with Gasteiger partial charge in [0.15, 0.2) is 5.82 Å². The highest BCUT2D eigenvalue weighted by Crippen LogP contribution is 2.19. The van der Waals surface area contributed by atoms with Gasteiger partial charge in [0, 0.05) is 30.5 Å². The van der Waals surface area contributed by atoms with Crippen LogP contribution in [0, 0.1) is 0 Å². The normalized spacial score (nSPS) is 14.3. The number of aromatic nitrogens is 2. The van der Waals surface area contributed by atoms with Gasteiger partial charge in [-0.3, -0.25) is 0 Å². The Balaban J connectivity index is 1.50. The Hall–Kier alpha value is -1.94. The maximum Gasteiger partial charge on any atom is 0.166 e. The minimum Gasteiger partial charge on any atom is -0.486 e. The van der Waals surface area contributed by atoms with Crippen LogP contribution < -0.4 is 10.1 Å². The van der Waals surface area contributed by atoms with Gasteiger partial charge in [-0.05, 0) is 25.0 Å². The molecule has 0 amide bonds. The average molecular weight is 255 g/mol. The minimum absolute atomic E-state index is 0.403. The molecule has 0 unspecified atom stereocenters. The Morgan fingerprint density at radius 3 is 2.53 bits per heavy atom. The fourth-order valence-corrected chi connectivity index (χ4v) is 1.76. The van der Waals surface area contributed by atoms with Crippen molar-refractivity contribution < 1.29 is 4.74 Å². The molecule has 0 radical (unpaired) electrons. The van der Waals surface area contributed by atoms with Gasteiger partial charge in [-0.1, -0.05) is 18.2 Å². The summed E-state index contributed by atoms with van der Waals surface area (Å²) >= 11 is 0. The number of ether oxygens (including phenoxy) is 1. The predicted octanol–water partition coefficient (Wildman–Crippen LogP) is 2.31. The first kappa shape index (κ1) is 12.1. The highest BCUT2D eigenvalue weighted by atomic mass is 16.5. The number of benzene rings is 1. The van der Waals surface area contributed by atoms with Gasteiger partial charge in [-0.25, -0.2) is 9.97 Å². The van der Waals surface area contributed by atoms with Gasteiger partial charge in [0.05, 0.1) is 0 Å². The Kier molecular flexibility index (Phi) is 3.70. The van der Waals surface area contributed by atoms with Crippen molar-refractivity contribution in [2.75, 3.05) is 0 Å². The average Bonchev–Trinajstić information content (AvgIpc) is 3.29. The van der Waals surface area contributed by atoms with E-state index in [1.165, 1.54) is 12.8 Å². The van der Waals surface area contributed by atoms with Gasteiger partial charge in [0.1, 0.15) is 12.4 Å². The van der Waals surface area contributed by atoms with Crippen LogP contribution in [0.2, 0.25) is 0 Å². The lowest BCUT2D eigenvalue weighted by molar-refractivity contribution is 0.295. The second-order valence-corrected chi connectivity index (χ2v) is 4.76. The predicted molar refractivity (Wildman–Crippen MR) is 72.7 cm³/mol. The summed E-state index contributed by atoms with van der Waals surface area (Å²) in [6.07, 6.45) is 6.33. The van der Waals surface area contributed by atoms with Crippen LogP contribution in [0.25, 0.3) is 0 Å². The lowest BCUT2D eigenvalue weighted by Gasteiger charge is -2.06. The lowest BCUT2D eigenvalue weighted by atomic mass is 10.3. The van der Waals surface area contributed by atoms with E-state index in [1.54, 1.807) is 0 Å². The molecule has 0 bridgehead atoms. The Morgan fingerprint density at radius 2 is 1.84 bits per heavy atom. The summed E-state index contributed by atoms with van der Waals surface area (Å²) in [4.78, 5) is 8.63. The van der Waals surface area contributed by atoms with E-state index >= 15 is 0 Å². The van der Waals surface area contributed by atoms with E-state index in [0.717, 1.165) is 17.9 Å². The number of rotatable bonds is 6. The SMILES string of the molecule is c1ccc(OCc2ncc(CNC3CC3)cn2)cc1. The molecular weight excluding hydrogens is 238 g/mol. The zero-order valence-corrected chi connectivity index (χ0v) is 10.7. The smallest absolute Gasteiger partial charge is 0.166 e. The van der Waals surface area contributed by atoms with Gasteiger partial charge in [-0.2, -0.15) is 0 Å². The van der Waals surface area contributed by atoms with Crippen molar-refractivity contribution in [3.63, 3.8) is 0 Å². The Morgan fingerprint density at radius 1 is 1.11 bits per heavy atom. The molecule has 0 atom stereocenters. The van der Waals surface area contributed by atoms with Crippen molar-refractivity contribution in [2.45, 2.75) is 32.0 Å². The Bertz CT molecular complexity index is 509. The molecule has 1 N–H and O–H groups in total. The van der Waals surface area contributed by atoms with Crippen LogP contribution in [0.3, 0.4) is 0 Å². The quantitative estimate of drug-likeness (QED) is 0.860. The third kappa shape index (κ3) is 3.76. The van der Waals surface area contributed by atoms with E-state index in [-0.39, 0.29) is 0 Å². The summed E-state index contributed by atoms with van der Waals surface area (Å²) in [7, 11) is 0. The second kappa shape index (κ2) is 5.80. The summed E-state index contributed by atoms with van der Waals surface area (Å²) in [6, 6.07) is 10.4. The summed E-state index contributed by atoms with van der Waals surface area (Å²) in [5, 5.41) is 3.44. The molecule has 0 aliphatic heterocycles. The van der Waals surface area contributed by atoms with Crippen LogP contribution in [-0.2, 0) is 13.2 Å². The highest BCUT2D eigenvalue weighted by molar-refractivity contribution is 5.21. The zero-order valence-electron chi connectivity index (χ0n) is 10.7. The van der Waals surface area contributed by atoms with Crippen molar-refractivity contribution in [3.8, 4) is 5.75 Å². The molecule has 1 fully saturated rings. The Labute approximate surface area is 112 Å². The van der Waals surface area contributed by atoms with E-state index < -0.39 is 0 Å². The van der Waals surface area contributed by atoms with E-state index in [9.17, 15) is 0 Å². The van der Waals surface area contributed by atoms with E-state index in [1.807, 2.05) is 42.7 Å². The fraction of sp³-hybridized carbons (Fsp3) is 0.333. The number of para-hydroxylation sites is 1. The topological polar surface area (TPSA) is 47.0 Å². The summed E-state index contributed by atoms with van der Waals surface area (Å²) in [5.41, 5.74) is 1.12. The van der Waals surface area contributed by atoms with Crippen molar-refractivity contribution in [3.05, 3.63) is 54.1 Å². The molecular formula is C15H17N3O. The molecule has 1 aliphatic rings. The fourth-order valence-electron chi connectivity index (χ4n) is 1.76. The molecule has 1 aromatic heterocycles.